The summed E-state index contributed by atoms with van der Waals surface area (Å²) in [7, 11) is -3.58. The molecule has 128 valence electrons. The van der Waals surface area contributed by atoms with Crippen LogP contribution in [0.4, 0.5) is 0 Å². The second-order valence-electron chi connectivity index (χ2n) is 5.57. The Morgan fingerprint density at radius 1 is 1.21 bits per heavy atom. The third-order valence-electron chi connectivity index (χ3n) is 4.01. The van der Waals surface area contributed by atoms with Gasteiger partial charge >= 0.3 is 0 Å². The lowest BCUT2D eigenvalue weighted by atomic mass is 10.1. The maximum atomic E-state index is 13.0. The van der Waals surface area contributed by atoms with Gasteiger partial charge in [-0.15, -0.1) is 0 Å². The van der Waals surface area contributed by atoms with Crippen molar-refractivity contribution in [3.8, 4) is 0 Å². The number of aromatic nitrogens is 1. The first-order chi connectivity index (χ1) is 11.5. The van der Waals surface area contributed by atoms with E-state index in [1.807, 2.05) is 6.07 Å². The first-order valence-electron chi connectivity index (χ1n) is 7.52. The molecule has 0 aliphatic carbocycles. The van der Waals surface area contributed by atoms with Gasteiger partial charge in [0, 0.05) is 47.6 Å². The SMILES string of the molecule is O=S(=O)(Cc1c(Cl)cccc1Cl)N1CCNCC1c1cccnc1. The average molecular weight is 386 g/mol. The van der Waals surface area contributed by atoms with Crippen LogP contribution in [-0.4, -0.2) is 37.3 Å². The largest absolute Gasteiger partial charge is 0.313 e. The van der Waals surface area contributed by atoms with E-state index in [0.29, 0.717) is 35.2 Å². The number of pyridine rings is 1. The topological polar surface area (TPSA) is 62.3 Å². The number of piperazine rings is 1. The second kappa shape index (κ2) is 7.37. The molecule has 1 fully saturated rings. The van der Waals surface area contributed by atoms with Crippen LogP contribution < -0.4 is 5.32 Å². The fraction of sp³-hybridized carbons (Fsp3) is 0.312. The number of hydrogen-bond acceptors (Lipinski definition) is 4. The zero-order valence-electron chi connectivity index (χ0n) is 12.8. The zero-order valence-corrected chi connectivity index (χ0v) is 15.2. The minimum Gasteiger partial charge on any atom is -0.313 e. The highest BCUT2D eigenvalue weighted by Gasteiger charge is 2.34. The average Bonchev–Trinajstić information content (AvgIpc) is 2.59. The molecule has 1 saturated heterocycles. The lowest BCUT2D eigenvalue weighted by Gasteiger charge is -2.35. The third kappa shape index (κ3) is 3.73. The summed E-state index contributed by atoms with van der Waals surface area (Å²) in [5.74, 6) is -0.220. The van der Waals surface area contributed by atoms with Gasteiger partial charge in [0.05, 0.1) is 11.8 Å². The van der Waals surface area contributed by atoms with Crippen LogP contribution in [-0.2, 0) is 15.8 Å². The summed E-state index contributed by atoms with van der Waals surface area (Å²) in [4.78, 5) is 4.10. The van der Waals surface area contributed by atoms with E-state index in [2.05, 4.69) is 10.3 Å². The monoisotopic (exact) mass is 385 g/mol. The van der Waals surface area contributed by atoms with E-state index in [-0.39, 0.29) is 11.8 Å². The molecule has 5 nitrogen and oxygen atoms in total. The van der Waals surface area contributed by atoms with Crippen molar-refractivity contribution in [1.29, 1.82) is 0 Å². The molecule has 0 spiro atoms. The zero-order chi connectivity index (χ0) is 17.2. The smallest absolute Gasteiger partial charge is 0.219 e. The van der Waals surface area contributed by atoms with E-state index < -0.39 is 10.0 Å². The first kappa shape index (κ1) is 17.6. The van der Waals surface area contributed by atoms with Crippen LogP contribution in [0.3, 0.4) is 0 Å². The van der Waals surface area contributed by atoms with Gasteiger partial charge in [-0.05, 0) is 23.8 Å². The van der Waals surface area contributed by atoms with Gasteiger partial charge in [-0.25, -0.2) is 8.42 Å². The summed E-state index contributed by atoms with van der Waals surface area (Å²) in [6, 6.07) is 8.39. The van der Waals surface area contributed by atoms with E-state index in [1.54, 1.807) is 36.7 Å². The van der Waals surface area contributed by atoms with Gasteiger partial charge in [0.1, 0.15) is 0 Å². The van der Waals surface area contributed by atoms with Gasteiger partial charge in [-0.2, -0.15) is 4.31 Å². The van der Waals surface area contributed by atoms with Crippen LogP contribution in [0.15, 0.2) is 42.7 Å². The molecule has 0 bridgehead atoms. The van der Waals surface area contributed by atoms with Crippen molar-refractivity contribution in [3.63, 3.8) is 0 Å². The summed E-state index contributed by atoms with van der Waals surface area (Å²) < 4.78 is 27.5. The van der Waals surface area contributed by atoms with Crippen molar-refractivity contribution < 1.29 is 8.42 Å². The second-order valence-corrected chi connectivity index (χ2v) is 8.31. The Morgan fingerprint density at radius 3 is 2.62 bits per heavy atom. The number of halogens is 2. The third-order valence-corrected chi connectivity index (χ3v) is 6.52. The van der Waals surface area contributed by atoms with Crippen LogP contribution in [0.25, 0.3) is 0 Å². The molecule has 0 saturated carbocycles. The van der Waals surface area contributed by atoms with E-state index in [9.17, 15) is 8.42 Å². The molecule has 24 heavy (non-hydrogen) atoms. The van der Waals surface area contributed by atoms with Crippen molar-refractivity contribution in [2.75, 3.05) is 19.6 Å². The number of nitrogens with one attached hydrogen (secondary N) is 1. The number of benzene rings is 1. The fourth-order valence-corrected chi connectivity index (χ4v) is 5.30. The Morgan fingerprint density at radius 2 is 1.96 bits per heavy atom. The van der Waals surface area contributed by atoms with Crippen LogP contribution >= 0.6 is 23.2 Å². The fourth-order valence-electron chi connectivity index (χ4n) is 2.81. The predicted molar refractivity (Wildman–Crippen MR) is 95.6 cm³/mol. The molecule has 2 heterocycles. The minimum absolute atomic E-state index is 0.220. The lowest BCUT2D eigenvalue weighted by molar-refractivity contribution is 0.271. The van der Waals surface area contributed by atoms with Crippen molar-refractivity contribution in [1.82, 2.24) is 14.6 Å². The molecule has 1 unspecified atom stereocenters. The van der Waals surface area contributed by atoms with Crippen LogP contribution in [0.2, 0.25) is 10.0 Å². The number of hydrogen-bond donors (Lipinski definition) is 1. The summed E-state index contributed by atoms with van der Waals surface area (Å²) >= 11 is 12.3. The normalized spacial score (nSPS) is 19.3. The van der Waals surface area contributed by atoms with Crippen LogP contribution in [0.5, 0.6) is 0 Å². The van der Waals surface area contributed by atoms with E-state index in [0.717, 1.165) is 5.56 Å². The van der Waals surface area contributed by atoms with Crippen molar-refractivity contribution >= 4 is 33.2 Å². The standard InChI is InChI=1S/C16H17Cl2N3O2S/c17-14-4-1-5-15(18)13(14)11-24(22,23)21-8-7-20-10-16(21)12-3-2-6-19-9-12/h1-6,9,16,20H,7-8,10-11H2. The van der Waals surface area contributed by atoms with Gasteiger partial charge in [0.15, 0.2) is 0 Å². The molecule has 3 rings (SSSR count). The van der Waals surface area contributed by atoms with Crippen LogP contribution in [0.1, 0.15) is 17.2 Å². The van der Waals surface area contributed by atoms with Crippen molar-refractivity contribution in [2.24, 2.45) is 0 Å². The highest BCUT2D eigenvalue weighted by Crippen LogP contribution is 2.31. The molecule has 1 N–H and O–H groups in total. The van der Waals surface area contributed by atoms with Gasteiger partial charge in [0.2, 0.25) is 10.0 Å². The Balaban J connectivity index is 1.92. The molecule has 1 aromatic heterocycles. The molecule has 0 amide bonds. The Bertz CT molecular complexity index is 795. The van der Waals surface area contributed by atoms with E-state index in [4.69, 9.17) is 23.2 Å². The molecular formula is C16H17Cl2N3O2S. The molecule has 8 heteroatoms. The van der Waals surface area contributed by atoms with Crippen molar-refractivity contribution in [3.05, 3.63) is 63.9 Å². The van der Waals surface area contributed by atoms with Gasteiger partial charge in [-0.1, -0.05) is 35.3 Å². The van der Waals surface area contributed by atoms with E-state index in [1.165, 1.54) is 4.31 Å². The maximum Gasteiger partial charge on any atom is 0.219 e. The Kier molecular flexibility index (Phi) is 5.42. The minimum atomic E-state index is -3.58. The molecule has 1 aromatic carbocycles. The van der Waals surface area contributed by atoms with Crippen LogP contribution in [0, 0.1) is 0 Å². The number of rotatable bonds is 4. The first-order valence-corrected chi connectivity index (χ1v) is 9.88. The summed E-state index contributed by atoms with van der Waals surface area (Å²) in [6.07, 6.45) is 3.37. The van der Waals surface area contributed by atoms with E-state index >= 15 is 0 Å². The maximum absolute atomic E-state index is 13.0. The summed E-state index contributed by atoms with van der Waals surface area (Å²) in [6.45, 7) is 1.54. The van der Waals surface area contributed by atoms with Gasteiger partial charge in [-0.3, -0.25) is 4.98 Å². The highest BCUT2D eigenvalue weighted by atomic mass is 35.5. The molecule has 1 aliphatic rings. The molecule has 0 radical (unpaired) electrons. The Labute approximate surface area is 151 Å². The molecule has 1 atom stereocenters. The summed E-state index contributed by atoms with van der Waals surface area (Å²) in [5, 5.41) is 3.96. The molecular weight excluding hydrogens is 369 g/mol. The molecule has 1 aliphatic heterocycles. The van der Waals surface area contributed by atoms with Gasteiger partial charge in [0.25, 0.3) is 0 Å². The number of nitrogens with zero attached hydrogens (tertiary/aromatic N) is 2. The number of sulfonamides is 1. The van der Waals surface area contributed by atoms with Gasteiger partial charge < -0.3 is 5.32 Å². The van der Waals surface area contributed by atoms with Crippen molar-refractivity contribution in [2.45, 2.75) is 11.8 Å². The summed E-state index contributed by atoms with van der Waals surface area (Å²) in [5.41, 5.74) is 1.29. The quantitative estimate of drug-likeness (QED) is 0.878. The Hall–Kier alpha value is -1.18. The highest BCUT2D eigenvalue weighted by molar-refractivity contribution is 7.88. The lowest BCUT2D eigenvalue weighted by Crippen LogP contribution is -2.49. The molecule has 2 aromatic rings. The predicted octanol–water partition coefficient (Wildman–Crippen LogP) is 2.86.